The third-order valence-electron chi connectivity index (χ3n) is 3.21. The van der Waals surface area contributed by atoms with Crippen LogP contribution in [0.1, 0.15) is 26.2 Å². The van der Waals surface area contributed by atoms with Crippen molar-refractivity contribution in [1.29, 1.82) is 0 Å². The molecule has 2 atom stereocenters. The molecule has 1 aliphatic carbocycles. The van der Waals surface area contributed by atoms with Crippen LogP contribution in [-0.2, 0) is 0 Å². The average Bonchev–Trinajstić information content (AvgIpc) is 2.77. The van der Waals surface area contributed by atoms with Gasteiger partial charge in [0.2, 0.25) is 0 Å². The number of aliphatic hydroxyl groups excluding tert-OH is 1. The van der Waals surface area contributed by atoms with Crippen LogP contribution >= 0.6 is 0 Å². The molecular weight excluding hydrogens is 138 g/mol. The molecule has 11 heavy (non-hydrogen) atoms. The number of hydrogen-bond donors (Lipinski definition) is 1. The largest absolute Gasteiger partial charge is 0.396 e. The second kappa shape index (κ2) is 2.76. The van der Waals surface area contributed by atoms with Gasteiger partial charge in [0.25, 0.3) is 0 Å². The summed E-state index contributed by atoms with van der Waals surface area (Å²) in [5.74, 6) is 0.551. The Kier molecular flexibility index (Phi) is 1.90. The minimum absolute atomic E-state index is 0.379. The van der Waals surface area contributed by atoms with Gasteiger partial charge in [-0.05, 0) is 38.6 Å². The molecule has 0 aromatic rings. The Labute approximate surface area is 68.2 Å². The van der Waals surface area contributed by atoms with Gasteiger partial charge in [0.05, 0.1) is 0 Å². The minimum Gasteiger partial charge on any atom is -0.396 e. The van der Waals surface area contributed by atoms with Gasteiger partial charge < -0.3 is 5.11 Å². The monoisotopic (exact) mass is 155 g/mol. The Morgan fingerprint density at radius 1 is 1.36 bits per heavy atom. The van der Waals surface area contributed by atoms with Crippen molar-refractivity contribution in [3.05, 3.63) is 0 Å². The van der Waals surface area contributed by atoms with E-state index in [1.165, 1.54) is 25.8 Å². The molecule has 2 aliphatic rings. The van der Waals surface area contributed by atoms with E-state index in [0.717, 1.165) is 6.04 Å². The molecule has 1 saturated heterocycles. The third-order valence-corrected chi connectivity index (χ3v) is 3.21. The van der Waals surface area contributed by atoms with Crippen molar-refractivity contribution < 1.29 is 5.11 Å². The Bertz CT molecular complexity index is 144. The first-order valence-electron chi connectivity index (χ1n) is 4.69. The molecular formula is C9H17NO. The first-order valence-corrected chi connectivity index (χ1v) is 4.69. The molecule has 2 fully saturated rings. The Morgan fingerprint density at radius 3 is 2.55 bits per heavy atom. The smallest absolute Gasteiger partial charge is 0.0474 e. The first kappa shape index (κ1) is 7.56. The van der Waals surface area contributed by atoms with E-state index < -0.39 is 0 Å². The molecule has 1 N–H and O–H groups in total. The van der Waals surface area contributed by atoms with Crippen molar-refractivity contribution >= 4 is 0 Å². The lowest BCUT2D eigenvalue weighted by Crippen LogP contribution is -2.32. The highest BCUT2D eigenvalue weighted by Crippen LogP contribution is 2.35. The molecule has 0 spiro atoms. The Balaban J connectivity index is 1.93. The van der Waals surface area contributed by atoms with Crippen molar-refractivity contribution in [1.82, 2.24) is 4.90 Å². The number of nitrogens with zero attached hydrogens (tertiary/aromatic N) is 1. The van der Waals surface area contributed by atoms with Gasteiger partial charge >= 0.3 is 0 Å². The van der Waals surface area contributed by atoms with Gasteiger partial charge in [-0.15, -0.1) is 0 Å². The molecule has 2 heteroatoms. The SMILES string of the molecule is CC1C(CO)CCN1C1CC1. The summed E-state index contributed by atoms with van der Waals surface area (Å²) in [4.78, 5) is 2.57. The van der Waals surface area contributed by atoms with Crippen molar-refractivity contribution in [2.75, 3.05) is 13.2 Å². The number of hydrogen-bond acceptors (Lipinski definition) is 2. The zero-order chi connectivity index (χ0) is 7.84. The molecule has 0 radical (unpaired) electrons. The summed E-state index contributed by atoms with van der Waals surface area (Å²) in [6, 6.07) is 1.51. The van der Waals surface area contributed by atoms with Gasteiger partial charge in [0.1, 0.15) is 0 Å². The highest BCUT2D eigenvalue weighted by atomic mass is 16.3. The van der Waals surface area contributed by atoms with E-state index in [0.29, 0.717) is 18.6 Å². The van der Waals surface area contributed by atoms with Crippen LogP contribution in [0.25, 0.3) is 0 Å². The van der Waals surface area contributed by atoms with Crippen LogP contribution in [-0.4, -0.2) is 35.2 Å². The molecule has 0 aromatic carbocycles. The van der Waals surface area contributed by atoms with E-state index in [1.54, 1.807) is 0 Å². The van der Waals surface area contributed by atoms with Crippen LogP contribution in [0.2, 0.25) is 0 Å². The molecule has 2 unspecified atom stereocenters. The summed E-state index contributed by atoms with van der Waals surface area (Å²) in [6.45, 7) is 3.85. The van der Waals surface area contributed by atoms with E-state index in [9.17, 15) is 0 Å². The normalized spacial score (nSPS) is 39.8. The summed E-state index contributed by atoms with van der Waals surface area (Å²) < 4.78 is 0. The van der Waals surface area contributed by atoms with E-state index in [4.69, 9.17) is 5.11 Å². The number of rotatable bonds is 2. The van der Waals surface area contributed by atoms with Crippen molar-refractivity contribution in [2.45, 2.75) is 38.3 Å². The van der Waals surface area contributed by atoms with E-state index in [-0.39, 0.29) is 0 Å². The maximum Gasteiger partial charge on any atom is 0.0474 e. The quantitative estimate of drug-likeness (QED) is 0.639. The molecule has 0 bridgehead atoms. The summed E-state index contributed by atoms with van der Waals surface area (Å²) in [5.41, 5.74) is 0. The predicted octanol–water partition coefficient (Wildman–Crippen LogP) is 0.851. The highest BCUT2D eigenvalue weighted by molar-refractivity contribution is 4.93. The maximum atomic E-state index is 9.03. The molecule has 2 nitrogen and oxygen atoms in total. The molecule has 1 saturated carbocycles. The Hall–Kier alpha value is -0.0800. The summed E-state index contributed by atoms with van der Waals surface area (Å²) >= 11 is 0. The van der Waals surface area contributed by atoms with Gasteiger partial charge in [0.15, 0.2) is 0 Å². The zero-order valence-corrected chi connectivity index (χ0v) is 7.16. The molecule has 2 rings (SSSR count). The zero-order valence-electron chi connectivity index (χ0n) is 7.16. The molecule has 0 amide bonds. The van der Waals surface area contributed by atoms with Crippen molar-refractivity contribution in [2.24, 2.45) is 5.92 Å². The fourth-order valence-electron chi connectivity index (χ4n) is 2.20. The van der Waals surface area contributed by atoms with Crippen molar-refractivity contribution in [3.63, 3.8) is 0 Å². The molecule has 1 heterocycles. The van der Waals surface area contributed by atoms with Crippen LogP contribution in [0.15, 0.2) is 0 Å². The second-order valence-corrected chi connectivity index (χ2v) is 3.94. The fraction of sp³-hybridized carbons (Fsp3) is 1.00. The van der Waals surface area contributed by atoms with Gasteiger partial charge in [-0.2, -0.15) is 0 Å². The summed E-state index contributed by atoms with van der Waals surface area (Å²) in [6.07, 6.45) is 3.99. The van der Waals surface area contributed by atoms with Gasteiger partial charge in [0, 0.05) is 18.7 Å². The topological polar surface area (TPSA) is 23.5 Å². The number of aliphatic hydroxyl groups is 1. The van der Waals surface area contributed by atoms with E-state index in [2.05, 4.69) is 11.8 Å². The van der Waals surface area contributed by atoms with Crippen molar-refractivity contribution in [3.8, 4) is 0 Å². The lowest BCUT2D eigenvalue weighted by molar-refractivity contribution is 0.172. The number of likely N-dealkylation sites (tertiary alicyclic amines) is 1. The van der Waals surface area contributed by atoms with E-state index >= 15 is 0 Å². The van der Waals surface area contributed by atoms with Crippen LogP contribution in [0.3, 0.4) is 0 Å². The third kappa shape index (κ3) is 1.30. The average molecular weight is 155 g/mol. The van der Waals surface area contributed by atoms with Crippen LogP contribution in [0, 0.1) is 5.92 Å². The maximum absolute atomic E-state index is 9.03. The van der Waals surface area contributed by atoms with Gasteiger partial charge in [-0.25, -0.2) is 0 Å². The van der Waals surface area contributed by atoms with Crippen LogP contribution in [0.5, 0.6) is 0 Å². The van der Waals surface area contributed by atoms with Gasteiger partial charge in [-0.3, -0.25) is 4.90 Å². The molecule has 0 aromatic heterocycles. The minimum atomic E-state index is 0.379. The summed E-state index contributed by atoms with van der Waals surface area (Å²) in [7, 11) is 0. The fourth-order valence-corrected chi connectivity index (χ4v) is 2.20. The Morgan fingerprint density at radius 2 is 2.09 bits per heavy atom. The lowest BCUT2D eigenvalue weighted by atomic mass is 10.0. The van der Waals surface area contributed by atoms with E-state index in [1.807, 2.05) is 0 Å². The van der Waals surface area contributed by atoms with Crippen LogP contribution in [0.4, 0.5) is 0 Å². The van der Waals surface area contributed by atoms with Crippen LogP contribution < -0.4 is 0 Å². The lowest BCUT2D eigenvalue weighted by Gasteiger charge is -2.23. The molecule has 64 valence electrons. The standard InChI is InChI=1S/C9H17NO/c1-7-8(6-11)4-5-10(7)9-2-3-9/h7-9,11H,2-6H2,1H3. The summed E-state index contributed by atoms with van der Waals surface area (Å²) in [5, 5.41) is 9.03. The second-order valence-electron chi connectivity index (χ2n) is 3.94. The molecule has 1 aliphatic heterocycles. The first-order chi connectivity index (χ1) is 5.33. The predicted molar refractivity (Wildman–Crippen MR) is 44.4 cm³/mol. The highest BCUT2D eigenvalue weighted by Gasteiger charge is 2.38. The van der Waals surface area contributed by atoms with Gasteiger partial charge in [-0.1, -0.05) is 0 Å².